The highest BCUT2D eigenvalue weighted by molar-refractivity contribution is 6.30. The van der Waals surface area contributed by atoms with Crippen LogP contribution in [0.1, 0.15) is 5.56 Å². The molecular weight excluding hydrogens is 433 g/mol. The van der Waals surface area contributed by atoms with Gasteiger partial charge in [0.2, 0.25) is 0 Å². The van der Waals surface area contributed by atoms with Gasteiger partial charge in [0.15, 0.2) is 5.82 Å². The molecule has 0 atom stereocenters. The van der Waals surface area contributed by atoms with E-state index in [1.807, 2.05) is 0 Å². The second kappa shape index (κ2) is 7.87. The summed E-state index contributed by atoms with van der Waals surface area (Å²) in [4.78, 5) is 31.6. The molecule has 0 fully saturated rings. The molecule has 1 N–H and O–H groups in total. The molecule has 0 aliphatic heterocycles. The fourth-order valence-electron chi connectivity index (χ4n) is 2.40. The molecule has 0 spiro atoms. The molecule has 154 valence electrons. The van der Waals surface area contributed by atoms with Crippen LogP contribution in [0.4, 0.5) is 36.1 Å². The molecule has 0 amide bonds. The Morgan fingerprint density at radius 1 is 1.03 bits per heavy atom. The molecule has 2 aromatic heterocycles. The number of halogens is 4. The zero-order chi connectivity index (χ0) is 22.1. The smallest absolute Gasteiger partial charge is 0.334 e. The van der Waals surface area contributed by atoms with E-state index in [-0.39, 0.29) is 11.5 Å². The Kier molecular flexibility index (Phi) is 5.47. The molecule has 0 saturated carbocycles. The van der Waals surface area contributed by atoms with Crippen LogP contribution in [0.5, 0.6) is 0 Å². The molecule has 0 aliphatic carbocycles. The molecule has 0 saturated heterocycles. The first-order chi connectivity index (χ1) is 14.1. The lowest BCUT2D eigenvalue weighted by molar-refractivity contribution is -0.393. The average molecular weight is 441 g/mol. The van der Waals surface area contributed by atoms with Gasteiger partial charge >= 0.3 is 6.18 Å². The number of pyridine rings is 1. The SMILES string of the molecule is O=[N+]([O-])c1ccc(Nc2nc(-c3ccccn3)nc(Cl)c2C(F)(F)F)c([N+](=O)[O-])c1. The van der Waals surface area contributed by atoms with E-state index in [0.29, 0.717) is 6.07 Å². The van der Waals surface area contributed by atoms with Gasteiger partial charge in [0, 0.05) is 12.3 Å². The monoisotopic (exact) mass is 440 g/mol. The van der Waals surface area contributed by atoms with Gasteiger partial charge in [-0.15, -0.1) is 0 Å². The highest BCUT2D eigenvalue weighted by Gasteiger charge is 2.39. The van der Waals surface area contributed by atoms with Gasteiger partial charge in [0.05, 0.1) is 15.9 Å². The number of alkyl halides is 3. The van der Waals surface area contributed by atoms with Crippen LogP contribution in [0.3, 0.4) is 0 Å². The van der Waals surface area contributed by atoms with Crippen LogP contribution in [-0.4, -0.2) is 24.8 Å². The predicted molar refractivity (Wildman–Crippen MR) is 98.3 cm³/mol. The maximum atomic E-state index is 13.5. The number of non-ortho nitro benzene ring substituents is 1. The third-order valence-corrected chi connectivity index (χ3v) is 3.96. The maximum absolute atomic E-state index is 13.5. The molecule has 0 bridgehead atoms. The number of aromatic nitrogens is 3. The van der Waals surface area contributed by atoms with Gasteiger partial charge in [-0.1, -0.05) is 17.7 Å². The molecule has 0 unspecified atom stereocenters. The predicted octanol–water partition coefficient (Wildman–Crippen LogP) is 4.77. The molecule has 3 aromatic rings. The number of anilines is 2. The zero-order valence-electron chi connectivity index (χ0n) is 14.4. The Morgan fingerprint density at radius 3 is 2.33 bits per heavy atom. The molecule has 0 radical (unpaired) electrons. The summed E-state index contributed by atoms with van der Waals surface area (Å²) in [5.41, 5.74) is -3.26. The summed E-state index contributed by atoms with van der Waals surface area (Å²) in [7, 11) is 0. The van der Waals surface area contributed by atoms with Crippen molar-refractivity contribution in [2.24, 2.45) is 0 Å². The first-order valence-corrected chi connectivity index (χ1v) is 8.21. The number of nitrogens with one attached hydrogen (secondary N) is 1. The summed E-state index contributed by atoms with van der Waals surface area (Å²) < 4.78 is 40.6. The minimum atomic E-state index is -5.00. The number of hydrogen-bond acceptors (Lipinski definition) is 8. The third kappa shape index (κ3) is 4.25. The van der Waals surface area contributed by atoms with E-state index in [4.69, 9.17) is 11.6 Å². The summed E-state index contributed by atoms with van der Waals surface area (Å²) in [6.07, 6.45) is -3.64. The number of nitrogens with zero attached hydrogens (tertiary/aromatic N) is 5. The van der Waals surface area contributed by atoms with Crippen LogP contribution in [0, 0.1) is 20.2 Å². The van der Waals surface area contributed by atoms with Crippen LogP contribution in [0.2, 0.25) is 5.15 Å². The van der Waals surface area contributed by atoms with Gasteiger partial charge < -0.3 is 5.32 Å². The standard InChI is InChI=1S/C16H8ClF3N6O4/c17-13-12(16(18,19)20)15(24-14(23-13)10-3-1-2-6-21-10)22-9-5-4-8(25(27)28)7-11(9)26(29)30/h1-7H,(H,22,23,24). The van der Waals surface area contributed by atoms with Crippen molar-refractivity contribution in [2.45, 2.75) is 6.18 Å². The van der Waals surface area contributed by atoms with Crippen molar-refractivity contribution in [3.63, 3.8) is 0 Å². The Hall–Kier alpha value is -3.87. The van der Waals surface area contributed by atoms with E-state index in [2.05, 4.69) is 20.3 Å². The van der Waals surface area contributed by atoms with Crippen LogP contribution in [-0.2, 0) is 6.18 Å². The van der Waals surface area contributed by atoms with Gasteiger partial charge in [-0.2, -0.15) is 13.2 Å². The lowest BCUT2D eigenvalue weighted by atomic mass is 10.2. The van der Waals surface area contributed by atoms with Crippen LogP contribution >= 0.6 is 11.6 Å². The fourth-order valence-corrected chi connectivity index (χ4v) is 2.68. The number of nitro groups is 2. The molecule has 14 heteroatoms. The Bertz CT molecular complexity index is 1140. The van der Waals surface area contributed by atoms with E-state index in [9.17, 15) is 33.4 Å². The highest BCUT2D eigenvalue weighted by Crippen LogP contribution is 2.41. The Labute approximate surface area is 169 Å². The van der Waals surface area contributed by atoms with Crippen molar-refractivity contribution in [1.29, 1.82) is 0 Å². The van der Waals surface area contributed by atoms with Gasteiger partial charge in [0.1, 0.15) is 27.9 Å². The fraction of sp³-hybridized carbons (Fsp3) is 0.0625. The van der Waals surface area contributed by atoms with Gasteiger partial charge in [-0.05, 0) is 18.2 Å². The number of benzene rings is 1. The van der Waals surface area contributed by atoms with Crippen molar-refractivity contribution in [3.05, 3.63) is 73.5 Å². The summed E-state index contributed by atoms with van der Waals surface area (Å²) in [6.45, 7) is 0. The zero-order valence-corrected chi connectivity index (χ0v) is 15.2. The highest BCUT2D eigenvalue weighted by atomic mass is 35.5. The summed E-state index contributed by atoms with van der Waals surface area (Å²) in [5.74, 6) is -1.14. The lowest BCUT2D eigenvalue weighted by Crippen LogP contribution is -2.14. The third-order valence-electron chi connectivity index (χ3n) is 3.68. The molecule has 2 heterocycles. The van der Waals surface area contributed by atoms with Crippen molar-refractivity contribution >= 4 is 34.5 Å². The molecule has 10 nitrogen and oxygen atoms in total. The quantitative estimate of drug-likeness (QED) is 0.340. The second-order valence-electron chi connectivity index (χ2n) is 5.62. The van der Waals surface area contributed by atoms with E-state index in [1.165, 1.54) is 12.3 Å². The van der Waals surface area contributed by atoms with Gasteiger partial charge in [0.25, 0.3) is 11.4 Å². The Morgan fingerprint density at radius 2 is 1.77 bits per heavy atom. The van der Waals surface area contributed by atoms with E-state index >= 15 is 0 Å². The second-order valence-corrected chi connectivity index (χ2v) is 5.97. The Balaban J connectivity index is 2.18. The molecule has 3 rings (SSSR count). The van der Waals surface area contributed by atoms with Crippen molar-refractivity contribution < 1.29 is 23.0 Å². The molecule has 1 aromatic carbocycles. The van der Waals surface area contributed by atoms with Crippen LogP contribution in [0.25, 0.3) is 11.5 Å². The van der Waals surface area contributed by atoms with Crippen molar-refractivity contribution in [1.82, 2.24) is 15.0 Å². The summed E-state index contributed by atoms with van der Waals surface area (Å²) in [6, 6.07) is 6.94. The first kappa shape index (κ1) is 20.9. The van der Waals surface area contributed by atoms with E-state index in [1.54, 1.807) is 12.1 Å². The lowest BCUT2D eigenvalue weighted by Gasteiger charge is -2.16. The summed E-state index contributed by atoms with van der Waals surface area (Å²) >= 11 is 5.74. The van der Waals surface area contributed by atoms with Gasteiger partial charge in [-0.3, -0.25) is 25.2 Å². The average Bonchev–Trinajstić information content (AvgIpc) is 2.67. The molecule has 0 aliphatic rings. The number of nitro benzene ring substituents is 2. The number of hydrogen-bond donors (Lipinski definition) is 1. The maximum Gasteiger partial charge on any atom is 0.422 e. The topological polar surface area (TPSA) is 137 Å². The first-order valence-electron chi connectivity index (χ1n) is 7.84. The normalized spacial score (nSPS) is 11.2. The van der Waals surface area contributed by atoms with Crippen molar-refractivity contribution in [2.75, 3.05) is 5.32 Å². The van der Waals surface area contributed by atoms with E-state index in [0.717, 1.165) is 12.1 Å². The number of rotatable bonds is 5. The van der Waals surface area contributed by atoms with Crippen molar-refractivity contribution in [3.8, 4) is 11.5 Å². The van der Waals surface area contributed by atoms with Crippen LogP contribution in [0.15, 0.2) is 42.6 Å². The van der Waals surface area contributed by atoms with E-state index < -0.39 is 49.6 Å². The minimum Gasteiger partial charge on any atom is -0.334 e. The largest absolute Gasteiger partial charge is 0.422 e. The molecule has 30 heavy (non-hydrogen) atoms. The minimum absolute atomic E-state index is 0.106. The van der Waals surface area contributed by atoms with Crippen LogP contribution < -0.4 is 5.32 Å². The summed E-state index contributed by atoms with van der Waals surface area (Å²) in [5, 5.41) is 23.4. The van der Waals surface area contributed by atoms with Gasteiger partial charge in [-0.25, -0.2) is 9.97 Å². The molecular formula is C16H8ClF3N6O4.